The van der Waals surface area contributed by atoms with E-state index in [2.05, 4.69) is 10.3 Å². The third kappa shape index (κ3) is 2.30. The molecule has 0 fully saturated rings. The number of para-hydroxylation sites is 1. The molecule has 0 bridgehead atoms. The molecule has 1 amide bonds. The number of aromatic nitrogens is 1. The predicted molar refractivity (Wildman–Crippen MR) is 66.8 cm³/mol. The highest BCUT2D eigenvalue weighted by Crippen LogP contribution is 2.25. The minimum absolute atomic E-state index is 0.0364. The number of nitrogens with one attached hydrogen (secondary N) is 1. The second-order valence-electron chi connectivity index (χ2n) is 5.09. The van der Waals surface area contributed by atoms with Gasteiger partial charge in [-0.05, 0) is 12.1 Å². The third-order valence-electron chi connectivity index (χ3n) is 2.46. The van der Waals surface area contributed by atoms with Gasteiger partial charge >= 0.3 is 0 Å². The molecule has 17 heavy (non-hydrogen) atoms. The van der Waals surface area contributed by atoms with E-state index in [0.29, 0.717) is 22.7 Å². The number of benzene rings is 1. The maximum Gasteiger partial charge on any atom is 0.229 e. The minimum atomic E-state index is -0.430. The van der Waals surface area contributed by atoms with E-state index in [4.69, 9.17) is 4.42 Å². The maximum absolute atomic E-state index is 11.9. The molecule has 0 aliphatic heterocycles. The van der Waals surface area contributed by atoms with Crippen molar-refractivity contribution in [1.82, 2.24) is 4.98 Å². The summed E-state index contributed by atoms with van der Waals surface area (Å²) >= 11 is 0. The number of hydrogen-bond donors (Lipinski definition) is 1. The van der Waals surface area contributed by atoms with E-state index in [-0.39, 0.29) is 5.91 Å². The Balaban J connectivity index is 2.39. The molecule has 1 aromatic carbocycles. The quantitative estimate of drug-likeness (QED) is 0.821. The van der Waals surface area contributed by atoms with Crippen molar-refractivity contribution in [3.05, 3.63) is 24.1 Å². The van der Waals surface area contributed by atoms with Crippen LogP contribution < -0.4 is 5.32 Å². The lowest BCUT2D eigenvalue weighted by molar-refractivity contribution is -0.123. The summed E-state index contributed by atoms with van der Waals surface area (Å²) in [6, 6.07) is 5.50. The number of carbonyl (C=O) groups is 1. The summed E-state index contributed by atoms with van der Waals surface area (Å²) in [5, 5.41) is 2.88. The van der Waals surface area contributed by atoms with E-state index in [1.54, 1.807) is 6.92 Å². The summed E-state index contributed by atoms with van der Waals surface area (Å²) in [6.07, 6.45) is 0. The molecule has 0 saturated heterocycles. The molecule has 90 valence electrons. The van der Waals surface area contributed by atoms with Gasteiger partial charge in [-0.15, -0.1) is 0 Å². The number of amides is 1. The molecule has 0 radical (unpaired) electrons. The largest absolute Gasteiger partial charge is 0.441 e. The van der Waals surface area contributed by atoms with Gasteiger partial charge in [-0.3, -0.25) is 4.79 Å². The van der Waals surface area contributed by atoms with E-state index < -0.39 is 5.41 Å². The second-order valence-corrected chi connectivity index (χ2v) is 5.09. The Hall–Kier alpha value is -1.84. The van der Waals surface area contributed by atoms with Crippen LogP contribution in [0.5, 0.6) is 0 Å². The molecule has 0 aliphatic rings. The predicted octanol–water partition coefficient (Wildman–Crippen LogP) is 3.12. The molecule has 0 aliphatic carbocycles. The van der Waals surface area contributed by atoms with E-state index in [1.165, 1.54) is 0 Å². The zero-order chi connectivity index (χ0) is 12.6. The van der Waals surface area contributed by atoms with Gasteiger partial charge in [-0.25, -0.2) is 4.98 Å². The number of nitrogens with zero attached hydrogens (tertiary/aromatic N) is 1. The lowest BCUT2D eigenvalue weighted by atomic mass is 9.95. The van der Waals surface area contributed by atoms with Crippen LogP contribution in [0.15, 0.2) is 22.6 Å². The van der Waals surface area contributed by atoms with Gasteiger partial charge in [0.1, 0.15) is 5.52 Å². The number of fused-ring (bicyclic) bond motifs is 1. The van der Waals surface area contributed by atoms with Crippen LogP contribution in [0, 0.1) is 12.3 Å². The van der Waals surface area contributed by atoms with E-state index in [9.17, 15) is 4.79 Å². The van der Waals surface area contributed by atoms with Gasteiger partial charge in [0.25, 0.3) is 0 Å². The normalized spacial score (nSPS) is 11.8. The van der Waals surface area contributed by atoms with Crippen LogP contribution in [0.2, 0.25) is 0 Å². The van der Waals surface area contributed by atoms with Crippen molar-refractivity contribution in [1.29, 1.82) is 0 Å². The summed E-state index contributed by atoms with van der Waals surface area (Å²) in [5.74, 6) is 0.558. The number of rotatable bonds is 1. The molecule has 1 aromatic heterocycles. The van der Waals surface area contributed by atoms with Crippen LogP contribution in [0.3, 0.4) is 0 Å². The maximum atomic E-state index is 11.9. The monoisotopic (exact) mass is 232 g/mol. The summed E-state index contributed by atoms with van der Waals surface area (Å²) in [6.45, 7) is 7.40. The standard InChI is InChI=1S/C13H16N2O2/c1-8-14-11-9(6-5-7-10(11)17-8)15-12(16)13(2,3)4/h5-7H,1-4H3,(H,15,16). The molecule has 1 heterocycles. The number of hydrogen-bond acceptors (Lipinski definition) is 3. The van der Waals surface area contributed by atoms with Gasteiger partial charge in [-0.2, -0.15) is 0 Å². The van der Waals surface area contributed by atoms with Crippen molar-refractivity contribution >= 4 is 22.7 Å². The van der Waals surface area contributed by atoms with Crippen LogP contribution >= 0.6 is 0 Å². The molecule has 0 spiro atoms. The molecule has 2 rings (SSSR count). The molecule has 0 unspecified atom stereocenters. The molecule has 0 saturated carbocycles. The molecule has 0 atom stereocenters. The first-order valence-electron chi connectivity index (χ1n) is 5.55. The Labute approximate surface area is 100 Å². The minimum Gasteiger partial charge on any atom is -0.441 e. The van der Waals surface area contributed by atoms with Crippen molar-refractivity contribution in [2.45, 2.75) is 27.7 Å². The Morgan fingerprint density at radius 2 is 2.06 bits per heavy atom. The highest BCUT2D eigenvalue weighted by atomic mass is 16.3. The topological polar surface area (TPSA) is 55.1 Å². The van der Waals surface area contributed by atoms with Crippen molar-refractivity contribution in [2.75, 3.05) is 5.32 Å². The van der Waals surface area contributed by atoms with Crippen molar-refractivity contribution in [3.63, 3.8) is 0 Å². The molecular formula is C13H16N2O2. The zero-order valence-electron chi connectivity index (χ0n) is 10.5. The van der Waals surface area contributed by atoms with Crippen LogP contribution in [0.25, 0.3) is 11.1 Å². The number of aryl methyl sites for hydroxylation is 1. The molecule has 2 aromatic rings. The van der Waals surface area contributed by atoms with Crippen LogP contribution in [-0.4, -0.2) is 10.9 Å². The number of anilines is 1. The lowest BCUT2D eigenvalue weighted by Crippen LogP contribution is -2.27. The molecule has 4 nitrogen and oxygen atoms in total. The van der Waals surface area contributed by atoms with Gasteiger partial charge in [0.2, 0.25) is 5.91 Å². The molecule has 1 N–H and O–H groups in total. The first-order valence-corrected chi connectivity index (χ1v) is 5.55. The van der Waals surface area contributed by atoms with Crippen molar-refractivity contribution in [2.24, 2.45) is 5.41 Å². The molecular weight excluding hydrogens is 216 g/mol. The summed E-state index contributed by atoms with van der Waals surface area (Å²) in [4.78, 5) is 16.2. The SMILES string of the molecule is Cc1nc2c(NC(=O)C(C)(C)C)cccc2o1. The number of carbonyl (C=O) groups excluding carboxylic acids is 1. The Morgan fingerprint density at radius 3 is 2.71 bits per heavy atom. The molecule has 4 heteroatoms. The van der Waals surface area contributed by atoms with E-state index in [1.807, 2.05) is 39.0 Å². The third-order valence-corrected chi connectivity index (χ3v) is 2.46. The highest BCUT2D eigenvalue weighted by molar-refractivity contribution is 6.01. The van der Waals surface area contributed by atoms with Gasteiger partial charge in [0, 0.05) is 12.3 Å². The Bertz CT molecular complexity index is 564. The lowest BCUT2D eigenvalue weighted by Gasteiger charge is -2.17. The zero-order valence-corrected chi connectivity index (χ0v) is 10.5. The Kier molecular flexibility index (Phi) is 2.65. The fourth-order valence-corrected chi connectivity index (χ4v) is 1.47. The fraction of sp³-hybridized carbons (Fsp3) is 0.385. The van der Waals surface area contributed by atoms with Gasteiger partial charge < -0.3 is 9.73 Å². The van der Waals surface area contributed by atoms with Crippen molar-refractivity contribution in [3.8, 4) is 0 Å². The number of oxazole rings is 1. The van der Waals surface area contributed by atoms with E-state index in [0.717, 1.165) is 0 Å². The summed E-state index contributed by atoms with van der Waals surface area (Å²) in [5.41, 5.74) is 1.65. The van der Waals surface area contributed by atoms with Crippen LogP contribution in [-0.2, 0) is 4.79 Å². The van der Waals surface area contributed by atoms with Gasteiger partial charge in [-0.1, -0.05) is 26.8 Å². The average molecular weight is 232 g/mol. The smallest absolute Gasteiger partial charge is 0.229 e. The first kappa shape index (κ1) is 11.6. The fourth-order valence-electron chi connectivity index (χ4n) is 1.47. The summed E-state index contributed by atoms with van der Waals surface area (Å²) < 4.78 is 5.41. The van der Waals surface area contributed by atoms with Crippen LogP contribution in [0.4, 0.5) is 5.69 Å². The van der Waals surface area contributed by atoms with Gasteiger partial charge in [0.05, 0.1) is 5.69 Å². The van der Waals surface area contributed by atoms with E-state index >= 15 is 0 Å². The van der Waals surface area contributed by atoms with Crippen molar-refractivity contribution < 1.29 is 9.21 Å². The highest BCUT2D eigenvalue weighted by Gasteiger charge is 2.22. The van der Waals surface area contributed by atoms with Crippen LogP contribution in [0.1, 0.15) is 26.7 Å². The first-order chi connectivity index (χ1) is 7.88. The Morgan fingerprint density at radius 1 is 1.35 bits per heavy atom. The summed E-state index contributed by atoms with van der Waals surface area (Å²) in [7, 11) is 0. The average Bonchev–Trinajstić information content (AvgIpc) is 2.58. The second kappa shape index (κ2) is 3.87. The van der Waals surface area contributed by atoms with Gasteiger partial charge in [0.15, 0.2) is 11.5 Å².